The molecule has 0 saturated carbocycles. The van der Waals surface area contributed by atoms with Crippen LogP contribution in [0.2, 0.25) is 0 Å². The summed E-state index contributed by atoms with van der Waals surface area (Å²) in [5.41, 5.74) is 1.25. The maximum absolute atomic E-state index is 13.9. The molecule has 10 heteroatoms. The average molecular weight is 584 g/mol. The highest BCUT2D eigenvalue weighted by molar-refractivity contribution is 7.92. The lowest BCUT2D eigenvalue weighted by Gasteiger charge is -2.33. The second-order valence-electron chi connectivity index (χ2n) is 10.8. The van der Waals surface area contributed by atoms with Gasteiger partial charge >= 0.3 is 0 Å². The Morgan fingerprint density at radius 3 is 2.07 bits per heavy atom. The summed E-state index contributed by atoms with van der Waals surface area (Å²) in [4.78, 5) is 28.4. The number of hydrogen-bond acceptors (Lipinski definition) is 5. The van der Waals surface area contributed by atoms with Gasteiger partial charge < -0.3 is 15.0 Å². The van der Waals surface area contributed by atoms with Gasteiger partial charge in [0.15, 0.2) is 0 Å². The largest absolute Gasteiger partial charge is 0.494 e. The molecule has 0 saturated heterocycles. The minimum absolute atomic E-state index is 0.0158. The third kappa shape index (κ3) is 8.53. The molecule has 0 bridgehead atoms. The van der Waals surface area contributed by atoms with Gasteiger partial charge in [0.25, 0.3) is 10.0 Å². The molecule has 0 aliphatic rings. The molecule has 41 heavy (non-hydrogen) atoms. The first kappa shape index (κ1) is 31.6. The van der Waals surface area contributed by atoms with Crippen LogP contribution < -0.4 is 14.4 Å². The first-order valence-corrected chi connectivity index (χ1v) is 14.8. The molecule has 0 fully saturated rings. The monoisotopic (exact) mass is 583 g/mol. The summed E-state index contributed by atoms with van der Waals surface area (Å²) in [6.07, 6.45) is 0. The van der Waals surface area contributed by atoms with Gasteiger partial charge in [-0.15, -0.1) is 0 Å². The predicted octanol–water partition coefficient (Wildman–Crippen LogP) is 5.06. The maximum atomic E-state index is 13.9. The van der Waals surface area contributed by atoms with Crippen LogP contribution in [0.5, 0.6) is 5.75 Å². The number of amides is 2. The van der Waals surface area contributed by atoms with Gasteiger partial charge in [-0.3, -0.25) is 13.9 Å². The molecule has 3 aromatic carbocycles. The van der Waals surface area contributed by atoms with E-state index in [0.717, 1.165) is 9.87 Å². The molecule has 1 atom stereocenters. The van der Waals surface area contributed by atoms with Gasteiger partial charge in [-0.25, -0.2) is 12.8 Å². The number of nitrogens with zero attached hydrogens (tertiary/aromatic N) is 2. The van der Waals surface area contributed by atoms with Gasteiger partial charge in [0.1, 0.15) is 24.2 Å². The van der Waals surface area contributed by atoms with E-state index < -0.39 is 45.8 Å². The van der Waals surface area contributed by atoms with E-state index in [1.807, 2.05) is 34.6 Å². The standard InChI is InChI=1S/C31H38FN3O5S/c1-7-40-27-16-18-28(19-17-27)41(38,39)35(26-14-8-22(2)9-15-26)21-29(36)34(20-24-10-12-25(32)13-11-24)23(3)30(37)33-31(4,5)6/h8-19,23H,7,20-21H2,1-6H3,(H,33,37)/t23-/m0/s1. The second kappa shape index (κ2) is 13.2. The van der Waals surface area contributed by atoms with Crippen LogP contribution in [0.3, 0.4) is 0 Å². The highest BCUT2D eigenvalue weighted by atomic mass is 32.2. The van der Waals surface area contributed by atoms with Crippen molar-refractivity contribution >= 4 is 27.5 Å². The van der Waals surface area contributed by atoms with Crippen molar-refractivity contribution in [3.8, 4) is 5.75 Å². The molecule has 0 aliphatic heterocycles. The Morgan fingerprint density at radius 1 is 0.951 bits per heavy atom. The number of benzene rings is 3. The zero-order valence-electron chi connectivity index (χ0n) is 24.3. The van der Waals surface area contributed by atoms with E-state index in [4.69, 9.17) is 4.74 Å². The van der Waals surface area contributed by atoms with Crippen molar-refractivity contribution in [2.45, 2.75) is 64.6 Å². The molecule has 3 rings (SSSR count). The minimum atomic E-state index is -4.20. The number of rotatable bonds is 11. The van der Waals surface area contributed by atoms with Crippen LogP contribution in [-0.4, -0.2) is 49.9 Å². The second-order valence-corrected chi connectivity index (χ2v) is 12.7. The third-order valence-electron chi connectivity index (χ3n) is 6.26. The normalized spacial score (nSPS) is 12.4. The minimum Gasteiger partial charge on any atom is -0.494 e. The summed E-state index contributed by atoms with van der Waals surface area (Å²) in [5.74, 6) is -0.907. The van der Waals surface area contributed by atoms with Gasteiger partial charge in [0.2, 0.25) is 11.8 Å². The summed E-state index contributed by atoms with van der Waals surface area (Å²) in [6.45, 7) is 10.6. The van der Waals surface area contributed by atoms with Gasteiger partial charge in [-0.1, -0.05) is 29.8 Å². The van der Waals surface area contributed by atoms with Gasteiger partial charge in [-0.2, -0.15) is 0 Å². The topological polar surface area (TPSA) is 96.0 Å². The first-order chi connectivity index (χ1) is 19.2. The van der Waals surface area contributed by atoms with Crippen molar-refractivity contribution in [3.63, 3.8) is 0 Å². The fourth-order valence-electron chi connectivity index (χ4n) is 4.08. The molecule has 0 aromatic heterocycles. The summed E-state index contributed by atoms with van der Waals surface area (Å²) in [6, 6.07) is 17.4. The Bertz CT molecular complexity index is 1440. The van der Waals surface area contributed by atoms with Crippen LogP contribution in [0.15, 0.2) is 77.7 Å². The van der Waals surface area contributed by atoms with E-state index in [1.165, 1.54) is 41.3 Å². The molecule has 0 radical (unpaired) electrons. The van der Waals surface area contributed by atoms with Crippen molar-refractivity contribution in [2.75, 3.05) is 17.5 Å². The molecule has 220 valence electrons. The number of anilines is 1. The highest BCUT2D eigenvalue weighted by Crippen LogP contribution is 2.26. The summed E-state index contributed by atoms with van der Waals surface area (Å²) in [5, 5.41) is 2.88. The van der Waals surface area contributed by atoms with E-state index in [-0.39, 0.29) is 11.4 Å². The van der Waals surface area contributed by atoms with E-state index in [2.05, 4.69) is 5.32 Å². The SMILES string of the molecule is CCOc1ccc(S(=O)(=O)N(CC(=O)N(Cc2ccc(F)cc2)[C@@H](C)C(=O)NC(C)(C)C)c2ccc(C)cc2)cc1. The third-order valence-corrected chi connectivity index (χ3v) is 8.04. The first-order valence-electron chi connectivity index (χ1n) is 13.4. The Hall–Kier alpha value is -3.92. The lowest BCUT2D eigenvalue weighted by atomic mass is 10.1. The molecule has 3 aromatic rings. The highest BCUT2D eigenvalue weighted by Gasteiger charge is 2.33. The lowest BCUT2D eigenvalue weighted by Crippen LogP contribution is -2.54. The van der Waals surface area contributed by atoms with Gasteiger partial charge in [0.05, 0.1) is 17.2 Å². The Kier molecular flexibility index (Phi) is 10.1. The number of hydrogen-bond donors (Lipinski definition) is 1. The van der Waals surface area contributed by atoms with Gasteiger partial charge in [-0.05, 0) is 95.6 Å². The summed E-state index contributed by atoms with van der Waals surface area (Å²) >= 11 is 0. The molecule has 0 unspecified atom stereocenters. The smallest absolute Gasteiger partial charge is 0.264 e. The quantitative estimate of drug-likeness (QED) is 0.341. The van der Waals surface area contributed by atoms with E-state index in [0.29, 0.717) is 23.6 Å². The maximum Gasteiger partial charge on any atom is 0.264 e. The van der Waals surface area contributed by atoms with Crippen LogP contribution in [-0.2, 0) is 26.2 Å². The van der Waals surface area contributed by atoms with E-state index >= 15 is 0 Å². The zero-order chi connectivity index (χ0) is 30.4. The van der Waals surface area contributed by atoms with Gasteiger partial charge in [0, 0.05) is 12.1 Å². The molecule has 0 aliphatic carbocycles. The molecule has 0 spiro atoms. The van der Waals surface area contributed by atoms with Crippen LogP contribution >= 0.6 is 0 Å². The average Bonchev–Trinajstić information content (AvgIpc) is 2.91. The predicted molar refractivity (Wildman–Crippen MR) is 158 cm³/mol. The zero-order valence-corrected chi connectivity index (χ0v) is 25.2. The van der Waals surface area contributed by atoms with Crippen molar-refractivity contribution in [3.05, 3.63) is 89.7 Å². The number of carbonyl (C=O) groups is 2. The van der Waals surface area contributed by atoms with Crippen LogP contribution in [0.1, 0.15) is 45.7 Å². The summed E-state index contributed by atoms with van der Waals surface area (Å²) < 4.78 is 47.9. The number of halogens is 1. The molecule has 2 amide bonds. The van der Waals surface area contributed by atoms with E-state index in [9.17, 15) is 22.4 Å². The van der Waals surface area contributed by atoms with E-state index in [1.54, 1.807) is 43.3 Å². The fourth-order valence-corrected chi connectivity index (χ4v) is 5.50. The van der Waals surface area contributed by atoms with Crippen LogP contribution in [0, 0.1) is 12.7 Å². The van der Waals surface area contributed by atoms with Crippen molar-refractivity contribution in [1.29, 1.82) is 0 Å². The number of carbonyl (C=O) groups excluding carboxylic acids is 2. The van der Waals surface area contributed by atoms with Crippen LogP contribution in [0.4, 0.5) is 10.1 Å². The summed E-state index contributed by atoms with van der Waals surface area (Å²) in [7, 11) is -4.20. The fraction of sp³-hybridized carbons (Fsp3) is 0.355. The lowest BCUT2D eigenvalue weighted by molar-refractivity contribution is -0.140. The number of nitrogens with one attached hydrogen (secondary N) is 1. The molecule has 8 nitrogen and oxygen atoms in total. The Labute approximate surface area is 242 Å². The van der Waals surface area contributed by atoms with Crippen LogP contribution in [0.25, 0.3) is 0 Å². The number of sulfonamides is 1. The Balaban J connectivity index is 2.02. The van der Waals surface area contributed by atoms with Crippen molar-refractivity contribution < 1.29 is 27.1 Å². The Morgan fingerprint density at radius 2 is 1.54 bits per heavy atom. The number of ether oxygens (including phenoxy) is 1. The van der Waals surface area contributed by atoms with Crippen molar-refractivity contribution in [2.24, 2.45) is 0 Å². The molecule has 0 heterocycles. The molecular formula is C31H38FN3O5S. The molecule has 1 N–H and O–H groups in total. The number of aryl methyl sites for hydroxylation is 1. The van der Waals surface area contributed by atoms with Crippen molar-refractivity contribution in [1.82, 2.24) is 10.2 Å². The molecular weight excluding hydrogens is 545 g/mol.